The van der Waals surface area contributed by atoms with Gasteiger partial charge in [-0.05, 0) is 39.8 Å². The quantitative estimate of drug-likeness (QED) is 0.654. The summed E-state index contributed by atoms with van der Waals surface area (Å²) in [5.74, 6) is 0. The van der Waals surface area contributed by atoms with Gasteiger partial charge in [0, 0.05) is 18.6 Å². The largest absolute Gasteiger partial charge is 0.311 e. The van der Waals surface area contributed by atoms with E-state index in [1.54, 1.807) is 0 Å². The standard InChI is InChI=1S/C12H24N2/c1-5-11(2)9-13-10-12(14(3)4)7-6-8-12/h13H,2,5-10H2,1,3-4H3. The summed E-state index contributed by atoms with van der Waals surface area (Å²) >= 11 is 0. The van der Waals surface area contributed by atoms with Gasteiger partial charge in [-0.2, -0.15) is 0 Å². The third-order valence-electron chi connectivity index (χ3n) is 3.56. The predicted molar refractivity (Wildman–Crippen MR) is 62.6 cm³/mol. The van der Waals surface area contributed by atoms with E-state index in [4.69, 9.17) is 0 Å². The molecule has 82 valence electrons. The summed E-state index contributed by atoms with van der Waals surface area (Å²) in [5.41, 5.74) is 1.74. The molecule has 0 aliphatic heterocycles. The second-order valence-corrected chi connectivity index (χ2v) is 4.68. The van der Waals surface area contributed by atoms with E-state index >= 15 is 0 Å². The van der Waals surface area contributed by atoms with E-state index in [0.717, 1.165) is 19.5 Å². The number of nitrogens with one attached hydrogen (secondary N) is 1. The first kappa shape index (κ1) is 11.7. The molecular formula is C12H24N2. The molecule has 0 aromatic rings. The zero-order valence-corrected chi connectivity index (χ0v) is 9.90. The summed E-state index contributed by atoms with van der Waals surface area (Å²) in [5, 5.41) is 3.52. The average molecular weight is 196 g/mol. The van der Waals surface area contributed by atoms with Crippen LogP contribution in [0.25, 0.3) is 0 Å². The minimum absolute atomic E-state index is 0.439. The third-order valence-corrected chi connectivity index (χ3v) is 3.56. The molecule has 0 radical (unpaired) electrons. The number of rotatable bonds is 6. The molecule has 0 aromatic carbocycles. The van der Waals surface area contributed by atoms with Gasteiger partial charge < -0.3 is 10.2 Å². The lowest BCUT2D eigenvalue weighted by Gasteiger charge is -2.47. The van der Waals surface area contributed by atoms with Crippen LogP contribution in [0, 0.1) is 0 Å². The van der Waals surface area contributed by atoms with Crippen LogP contribution < -0.4 is 5.32 Å². The molecule has 0 saturated heterocycles. The molecule has 0 bridgehead atoms. The first-order valence-electron chi connectivity index (χ1n) is 5.65. The highest BCUT2D eigenvalue weighted by Crippen LogP contribution is 2.35. The Hall–Kier alpha value is -0.340. The van der Waals surface area contributed by atoms with Crippen LogP contribution in [0.2, 0.25) is 0 Å². The maximum atomic E-state index is 4.01. The van der Waals surface area contributed by atoms with Crippen molar-refractivity contribution in [2.75, 3.05) is 27.2 Å². The van der Waals surface area contributed by atoms with Gasteiger partial charge in [0.05, 0.1) is 0 Å². The Morgan fingerprint density at radius 1 is 1.43 bits per heavy atom. The lowest BCUT2D eigenvalue weighted by molar-refractivity contribution is 0.0610. The third kappa shape index (κ3) is 2.58. The first-order chi connectivity index (χ1) is 6.60. The Labute approximate surface area is 88.4 Å². The van der Waals surface area contributed by atoms with Crippen LogP contribution in [-0.4, -0.2) is 37.6 Å². The zero-order chi connectivity index (χ0) is 10.6. The van der Waals surface area contributed by atoms with Crippen molar-refractivity contribution in [2.24, 2.45) is 0 Å². The number of likely N-dealkylation sites (N-methyl/N-ethyl adjacent to an activating group) is 1. The Balaban J connectivity index is 2.25. The number of hydrogen-bond donors (Lipinski definition) is 1. The van der Waals surface area contributed by atoms with E-state index < -0.39 is 0 Å². The Bertz CT molecular complexity index is 192. The number of hydrogen-bond acceptors (Lipinski definition) is 2. The van der Waals surface area contributed by atoms with Crippen LogP contribution in [0.1, 0.15) is 32.6 Å². The van der Waals surface area contributed by atoms with Crippen molar-refractivity contribution in [3.8, 4) is 0 Å². The fourth-order valence-corrected chi connectivity index (χ4v) is 1.96. The maximum absolute atomic E-state index is 4.01. The maximum Gasteiger partial charge on any atom is 0.0328 e. The number of nitrogens with zero attached hydrogens (tertiary/aromatic N) is 1. The van der Waals surface area contributed by atoms with Gasteiger partial charge in [0.2, 0.25) is 0 Å². The minimum atomic E-state index is 0.439. The molecule has 2 nitrogen and oxygen atoms in total. The van der Waals surface area contributed by atoms with E-state index in [1.807, 2.05) is 0 Å². The highest BCUT2D eigenvalue weighted by Gasteiger charge is 2.38. The molecule has 14 heavy (non-hydrogen) atoms. The van der Waals surface area contributed by atoms with E-state index in [9.17, 15) is 0 Å². The van der Waals surface area contributed by atoms with Crippen molar-refractivity contribution in [3.05, 3.63) is 12.2 Å². The summed E-state index contributed by atoms with van der Waals surface area (Å²) in [6.07, 6.45) is 5.15. The van der Waals surface area contributed by atoms with Crippen molar-refractivity contribution in [2.45, 2.75) is 38.1 Å². The summed E-state index contributed by atoms with van der Waals surface area (Å²) in [6.45, 7) is 8.26. The molecule has 1 fully saturated rings. The normalized spacial score (nSPS) is 19.4. The van der Waals surface area contributed by atoms with E-state index in [-0.39, 0.29) is 0 Å². The molecule has 0 atom stereocenters. The van der Waals surface area contributed by atoms with Crippen LogP contribution in [0.5, 0.6) is 0 Å². The highest BCUT2D eigenvalue weighted by atomic mass is 15.2. The van der Waals surface area contributed by atoms with E-state index in [2.05, 4.69) is 37.8 Å². The second kappa shape index (κ2) is 4.94. The molecule has 1 rings (SSSR count). The summed E-state index contributed by atoms with van der Waals surface area (Å²) < 4.78 is 0. The molecule has 0 amide bonds. The smallest absolute Gasteiger partial charge is 0.0328 e. The van der Waals surface area contributed by atoms with Crippen LogP contribution >= 0.6 is 0 Å². The lowest BCUT2D eigenvalue weighted by Crippen LogP contribution is -2.56. The van der Waals surface area contributed by atoms with Crippen LogP contribution in [0.3, 0.4) is 0 Å². The molecule has 1 N–H and O–H groups in total. The van der Waals surface area contributed by atoms with Crippen LogP contribution in [-0.2, 0) is 0 Å². The lowest BCUT2D eigenvalue weighted by atomic mass is 9.75. The van der Waals surface area contributed by atoms with Crippen molar-refractivity contribution < 1.29 is 0 Å². The van der Waals surface area contributed by atoms with Gasteiger partial charge >= 0.3 is 0 Å². The van der Waals surface area contributed by atoms with Gasteiger partial charge in [0.1, 0.15) is 0 Å². The SMILES string of the molecule is C=C(CC)CNCC1(N(C)C)CCC1. The van der Waals surface area contributed by atoms with E-state index in [0.29, 0.717) is 5.54 Å². The molecule has 0 spiro atoms. The summed E-state index contributed by atoms with van der Waals surface area (Å²) in [7, 11) is 4.38. The van der Waals surface area contributed by atoms with Crippen molar-refractivity contribution >= 4 is 0 Å². The van der Waals surface area contributed by atoms with Crippen molar-refractivity contribution in [1.82, 2.24) is 10.2 Å². The molecule has 0 aromatic heterocycles. The molecule has 1 saturated carbocycles. The van der Waals surface area contributed by atoms with Crippen LogP contribution in [0.4, 0.5) is 0 Å². The molecule has 1 aliphatic carbocycles. The molecular weight excluding hydrogens is 172 g/mol. The monoisotopic (exact) mass is 196 g/mol. The fourth-order valence-electron chi connectivity index (χ4n) is 1.96. The molecule has 1 aliphatic rings. The Morgan fingerprint density at radius 2 is 2.07 bits per heavy atom. The Kier molecular flexibility index (Phi) is 4.14. The topological polar surface area (TPSA) is 15.3 Å². The van der Waals surface area contributed by atoms with Gasteiger partial charge in [-0.3, -0.25) is 0 Å². The highest BCUT2D eigenvalue weighted by molar-refractivity contribution is 5.00. The van der Waals surface area contributed by atoms with Gasteiger partial charge in [0.15, 0.2) is 0 Å². The molecule has 2 heteroatoms. The van der Waals surface area contributed by atoms with Crippen LogP contribution in [0.15, 0.2) is 12.2 Å². The van der Waals surface area contributed by atoms with Gasteiger partial charge in [0.25, 0.3) is 0 Å². The van der Waals surface area contributed by atoms with Gasteiger partial charge in [-0.25, -0.2) is 0 Å². The minimum Gasteiger partial charge on any atom is -0.311 e. The molecule has 0 heterocycles. The average Bonchev–Trinajstić information content (AvgIpc) is 2.08. The van der Waals surface area contributed by atoms with Crippen molar-refractivity contribution in [3.63, 3.8) is 0 Å². The van der Waals surface area contributed by atoms with Gasteiger partial charge in [-0.1, -0.05) is 19.1 Å². The Morgan fingerprint density at radius 3 is 2.43 bits per heavy atom. The van der Waals surface area contributed by atoms with Gasteiger partial charge in [-0.15, -0.1) is 0 Å². The zero-order valence-electron chi connectivity index (χ0n) is 9.90. The molecule has 0 unspecified atom stereocenters. The fraction of sp³-hybridized carbons (Fsp3) is 0.833. The summed E-state index contributed by atoms with van der Waals surface area (Å²) in [6, 6.07) is 0. The first-order valence-corrected chi connectivity index (χ1v) is 5.65. The predicted octanol–water partition coefficient (Wildman–Crippen LogP) is 2.03. The second-order valence-electron chi connectivity index (χ2n) is 4.68. The summed E-state index contributed by atoms with van der Waals surface area (Å²) in [4.78, 5) is 2.37. The van der Waals surface area contributed by atoms with E-state index in [1.165, 1.54) is 24.8 Å². The van der Waals surface area contributed by atoms with Crippen molar-refractivity contribution in [1.29, 1.82) is 0 Å².